The molecule has 2 heterocycles. The van der Waals surface area contributed by atoms with Gasteiger partial charge >= 0.3 is 0 Å². The number of aromatic nitrogens is 2. The molecule has 6 nitrogen and oxygen atoms in total. The first-order chi connectivity index (χ1) is 18.5. The van der Waals surface area contributed by atoms with Crippen molar-refractivity contribution in [3.63, 3.8) is 0 Å². The third kappa shape index (κ3) is 4.69. The zero-order valence-corrected chi connectivity index (χ0v) is 21.2. The second-order valence-corrected chi connectivity index (χ2v) is 9.33. The van der Waals surface area contributed by atoms with Crippen LogP contribution >= 0.6 is 11.6 Å². The van der Waals surface area contributed by atoms with Gasteiger partial charge in [-0.1, -0.05) is 71.8 Å². The number of hydrogen-bond donors (Lipinski definition) is 0. The number of hydrogen-bond acceptors (Lipinski definition) is 5. The highest BCUT2D eigenvalue weighted by Gasteiger charge is 2.16. The molecule has 0 amide bonds. The predicted molar refractivity (Wildman–Crippen MR) is 151 cm³/mol. The molecule has 6 rings (SSSR count). The van der Waals surface area contributed by atoms with E-state index in [-0.39, 0.29) is 5.56 Å². The van der Waals surface area contributed by atoms with E-state index in [0.717, 1.165) is 10.9 Å². The van der Waals surface area contributed by atoms with Gasteiger partial charge in [-0.3, -0.25) is 4.79 Å². The zero-order chi connectivity index (χ0) is 26.1. The van der Waals surface area contributed by atoms with Gasteiger partial charge in [-0.05, 0) is 60.5 Å². The maximum Gasteiger partial charge on any atom is 0.282 e. The number of ether oxygens (including phenoxy) is 1. The molecule has 0 saturated heterocycles. The second kappa shape index (κ2) is 10.00. The average Bonchev–Trinajstić information content (AvgIpc) is 3.37. The van der Waals surface area contributed by atoms with Crippen LogP contribution in [0.3, 0.4) is 0 Å². The number of nitrogens with zero attached hydrogens (tertiary/aromatic N) is 3. The molecule has 0 fully saturated rings. The van der Waals surface area contributed by atoms with Gasteiger partial charge in [0, 0.05) is 5.39 Å². The highest BCUT2D eigenvalue weighted by Crippen LogP contribution is 2.28. The largest absolute Gasteiger partial charge is 0.487 e. The summed E-state index contributed by atoms with van der Waals surface area (Å²) in [5.41, 5.74) is 3.92. The van der Waals surface area contributed by atoms with Gasteiger partial charge in [0.25, 0.3) is 5.56 Å². The summed E-state index contributed by atoms with van der Waals surface area (Å²) in [5, 5.41) is 6.32. The van der Waals surface area contributed by atoms with E-state index in [4.69, 9.17) is 25.7 Å². The fourth-order valence-electron chi connectivity index (χ4n) is 4.17. The fourth-order valence-corrected chi connectivity index (χ4v) is 4.41. The van der Waals surface area contributed by atoms with Gasteiger partial charge in [-0.25, -0.2) is 4.98 Å². The van der Waals surface area contributed by atoms with E-state index >= 15 is 0 Å². The molecule has 0 atom stereocenters. The van der Waals surface area contributed by atoms with Crippen molar-refractivity contribution in [2.45, 2.75) is 13.5 Å². The van der Waals surface area contributed by atoms with E-state index in [2.05, 4.69) is 5.10 Å². The lowest BCUT2D eigenvalue weighted by Crippen LogP contribution is -2.20. The highest BCUT2D eigenvalue weighted by molar-refractivity contribution is 6.32. The Bertz CT molecular complexity index is 1840. The molecule has 0 saturated carbocycles. The van der Waals surface area contributed by atoms with Crippen LogP contribution in [-0.4, -0.2) is 15.9 Å². The van der Waals surface area contributed by atoms with Gasteiger partial charge in [0.1, 0.15) is 17.9 Å². The van der Waals surface area contributed by atoms with Crippen molar-refractivity contribution < 1.29 is 9.15 Å². The summed E-state index contributed by atoms with van der Waals surface area (Å²) in [5.74, 6) is 1.33. The predicted octanol–water partition coefficient (Wildman–Crippen LogP) is 7.23. The molecule has 6 aromatic rings. The number of para-hydroxylation sites is 2. The number of fused-ring (bicyclic) bond motifs is 2. The van der Waals surface area contributed by atoms with E-state index in [0.29, 0.717) is 51.0 Å². The molecule has 186 valence electrons. The first kappa shape index (κ1) is 23.7. The van der Waals surface area contributed by atoms with Gasteiger partial charge in [-0.15, -0.1) is 0 Å². The van der Waals surface area contributed by atoms with Gasteiger partial charge < -0.3 is 9.15 Å². The maximum atomic E-state index is 13.4. The lowest BCUT2D eigenvalue weighted by atomic mass is 10.2. The average molecular weight is 520 g/mol. The van der Waals surface area contributed by atoms with Crippen molar-refractivity contribution in [3.05, 3.63) is 129 Å². The Labute approximate surface area is 223 Å². The smallest absolute Gasteiger partial charge is 0.282 e. The molecule has 0 aliphatic rings. The van der Waals surface area contributed by atoms with Crippen LogP contribution in [-0.2, 0) is 6.61 Å². The first-order valence-corrected chi connectivity index (χ1v) is 12.5. The third-order valence-corrected chi connectivity index (χ3v) is 6.49. The van der Waals surface area contributed by atoms with Gasteiger partial charge in [0.15, 0.2) is 5.76 Å². The van der Waals surface area contributed by atoms with E-state index in [1.54, 1.807) is 36.5 Å². The lowest BCUT2D eigenvalue weighted by Gasteiger charge is -2.09. The van der Waals surface area contributed by atoms with Crippen molar-refractivity contribution in [1.82, 2.24) is 9.66 Å². The second-order valence-electron chi connectivity index (χ2n) is 8.93. The molecule has 0 aliphatic carbocycles. The standard InChI is InChI=1S/C31H22ClN3O3/c1-20-10-12-21(13-11-20)19-37-28-15-14-22(16-25(28)32)18-33-35-30(29-17-23-6-2-5-9-27(23)38-29)34-26-8-4-3-7-24(26)31(35)36/h2-18H,19H2,1H3. The molecule has 0 bridgehead atoms. The Morgan fingerprint density at radius 3 is 2.58 bits per heavy atom. The monoisotopic (exact) mass is 519 g/mol. The van der Waals surface area contributed by atoms with Crippen LogP contribution in [0.4, 0.5) is 0 Å². The molecule has 0 unspecified atom stereocenters. The molecule has 2 aromatic heterocycles. The molecule has 0 aliphatic heterocycles. The summed E-state index contributed by atoms with van der Waals surface area (Å²) >= 11 is 6.50. The normalized spacial score (nSPS) is 11.5. The minimum atomic E-state index is -0.300. The van der Waals surface area contributed by atoms with Gasteiger partial charge in [-0.2, -0.15) is 9.78 Å². The first-order valence-electron chi connectivity index (χ1n) is 12.1. The quantitative estimate of drug-likeness (QED) is 0.218. The van der Waals surface area contributed by atoms with Crippen molar-refractivity contribution >= 4 is 39.7 Å². The zero-order valence-electron chi connectivity index (χ0n) is 20.5. The van der Waals surface area contributed by atoms with Crippen LogP contribution in [0.15, 0.2) is 111 Å². The maximum absolute atomic E-state index is 13.4. The summed E-state index contributed by atoms with van der Waals surface area (Å²) in [7, 11) is 0. The third-order valence-electron chi connectivity index (χ3n) is 6.19. The van der Waals surface area contributed by atoms with Crippen LogP contribution in [0.25, 0.3) is 33.5 Å². The summed E-state index contributed by atoms with van der Waals surface area (Å²) in [6.07, 6.45) is 1.57. The number of rotatable bonds is 6. The summed E-state index contributed by atoms with van der Waals surface area (Å²) in [6.45, 7) is 2.45. The van der Waals surface area contributed by atoms with Crippen LogP contribution < -0.4 is 10.3 Å². The molecule has 38 heavy (non-hydrogen) atoms. The number of benzene rings is 4. The lowest BCUT2D eigenvalue weighted by molar-refractivity contribution is 0.306. The summed E-state index contributed by atoms with van der Waals surface area (Å²) < 4.78 is 13.2. The number of aryl methyl sites for hydroxylation is 1. The molecule has 7 heteroatoms. The number of halogens is 1. The molecule has 0 radical (unpaired) electrons. The topological polar surface area (TPSA) is 69.6 Å². The fraction of sp³-hybridized carbons (Fsp3) is 0.0645. The molecule has 4 aromatic carbocycles. The van der Waals surface area contributed by atoms with Crippen LogP contribution in [0.5, 0.6) is 5.75 Å². The molecule has 0 N–H and O–H groups in total. The number of furan rings is 1. The van der Waals surface area contributed by atoms with E-state index in [9.17, 15) is 4.79 Å². The summed E-state index contributed by atoms with van der Waals surface area (Å²) in [6, 6.07) is 30.2. The molecular formula is C31H22ClN3O3. The highest BCUT2D eigenvalue weighted by atomic mass is 35.5. The Kier molecular flexibility index (Phi) is 6.23. The van der Waals surface area contributed by atoms with Crippen molar-refractivity contribution in [1.29, 1.82) is 0 Å². The Morgan fingerprint density at radius 2 is 1.76 bits per heavy atom. The van der Waals surface area contributed by atoms with Crippen molar-refractivity contribution in [2.24, 2.45) is 5.10 Å². The minimum Gasteiger partial charge on any atom is -0.487 e. The SMILES string of the molecule is Cc1ccc(COc2ccc(C=Nn3c(-c4cc5ccccc5o4)nc4ccccc4c3=O)cc2Cl)cc1. The Hall–Kier alpha value is -4.68. The van der Waals surface area contributed by atoms with E-state index in [1.807, 2.05) is 73.7 Å². The van der Waals surface area contributed by atoms with Crippen molar-refractivity contribution in [3.8, 4) is 17.3 Å². The van der Waals surface area contributed by atoms with E-state index < -0.39 is 0 Å². The minimum absolute atomic E-state index is 0.300. The summed E-state index contributed by atoms with van der Waals surface area (Å²) in [4.78, 5) is 18.2. The van der Waals surface area contributed by atoms with Crippen LogP contribution in [0.1, 0.15) is 16.7 Å². The molecule has 0 spiro atoms. The van der Waals surface area contributed by atoms with Crippen LogP contribution in [0.2, 0.25) is 5.02 Å². The van der Waals surface area contributed by atoms with Gasteiger partial charge in [0.05, 0.1) is 22.1 Å². The van der Waals surface area contributed by atoms with Crippen molar-refractivity contribution in [2.75, 3.05) is 0 Å². The van der Waals surface area contributed by atoms with Crippen LogP contribution in [0, 0.1) is 6.92 Å². The van der Waals surface area contributed by atoms with E-state index in [1.165, 1.54) is 10.2 Å². The Morgan fingerprint density at radius 1 is 0.974 bits per heavy atom. The molecular weight excluding hydrogens is 498 g/mol. The Balaban J connectivity index is 1.34. The van der Waals surface area contributed by atoms with Gasteiger partial charge in [0.2, 0.25) is 5.82 Å².